The molecule has 0 aliphatic carbocycles. The molecule has 0 spiro atoms. The lowest BCUT2D eigenvalue weighted by molar-refractivity contribution is -0.121. The molecule has 1 amide bonds. The van der Waals surface area contributed by atoms with Crippen LogP contribution in [0.2, 0.25) is 0 Å². The molecule has 0 bridgehead atoms. The quantitative estimate of drug-likeness (QED) is 0.717. The maximum absolute atomic E-state index is 12.1. The molecule has 0 unspecified atom stereocenters. The van der Waals surface area contributed by atoms with Gasteiger partial charge in [-0.3, -0.25) is 4.79 Å². The van der Waals surface area contributed by atoms with Gasteiger partial charge in [0.15, 0.2) is 0 Å². The van der Waals surface area contributed by atoms with Crippen LogP contribution in [0, 0.1) is 0 Å². The van der Waals surface area contributed by atoms with Gasteiger partial charge in [0.05, 0.1) is 5.56 Å². The van der Waals surface area contributed by atoms with Gasteiger partial charge in [-0.15, -0.1) is 0 Å². The fourth-order valence-corrected chi connectivity index (χ4v) is 2.39. The zero-order valence-corrected chi connectivity index (χ0v) is 14.0. The van der Waals surface area contributed by atoms with Crippen molar-refractivity contribution in [2.45, 2.75) is 25.9 Å². The molecular weight excluding hydrogens is 344 g/mol. The number of benzene rings is 2. The summed E-state index contributed by atoms with van der Waals surface area (Å²) in [6, 6.07) is 12.7. The topological polar surface area (TPSA) is 75.6 Å². The first-order valence-corrected chi connectivity index (χ1v) is 8.07. The normalized spacial score (nSPS) is 10.6. The van der Waals surface area contributed by atoms with E-state index in [-0.39, 0.29) is 23.6 Å². The summed E-state index contributed by atoms with van der Waals surface area (Å²) >= 11 is 0. The number of halogens is 2. The number of aryl methyl sites for hydroxylation is 1. The summed E-state index contributed by atoms with van der Waals surface area (Å²) in [6.45, 7) is -2.45. The maximum atomic E-state index is 12.1. The summed E-state index contributed by atoms with van der Waals surface area (Å²) < 4.78 is 28.4. The first-order chi connectivity index (χ1) is 12.4. The van der Waals surface area contributed by atoms with E-state index in [1.807, 2.05) is 6.07 Å². The van der Waals surface area contributed by atoms with Crippen molar-refractivity contribution < 1.29 is 28.2 Å². The predicted octanol–water partition coefficient (Wildman–Crippen LogP) is 3.28. The molecule has 7 heteroatoms. The van der Waals surface area contributed by atoms with Gasteiger partial charge in [0.1, 0.15) is 5.75 Å². The molecule has 2 aromatic rings. The summed E-state index contributed by atoms with van der Waals surface area (Å²) in [5, 5.41) is 11.7. The Kier molecular flexibility index (Phi) is 7.08. The second-order valence-electron chi connectivity index (χ2n) is 5.63. The largest absolute Gasteiger partial charge is 0.478 e. The molecule has 0 atom stereocenters. The number of carboxylic acids is 1. The van der Waals surface area contributed by atoms with Crippen molar-refractivity contribution in [3.05, 3.63) is 65.2 Å². The van der Waals surface area contributed by atoms with E-state index in [1.54, 1.807) is 24.3 Å². The second kappa shape index (κ2) is 9.50. The Balaban J connectivity index is 1.72. The Hall–Kier alpha value is -2.96. The molecule has 0 saturated carbocycles. The van der Waals surface area contributed by atoms with Gasteiger partial charge in [-0.2, -0.15) is 8.78 Å². The summed E-state index contributed by atoms with van der Waals surface area (Å²) in [7, 11) is 0. The molecule has 0 heterocycles. The molecule has 0 fully saturated rings. The lowest BCUT2D eigenvalue weighted by Crippen LogP contribution is -2.25. The van der Waals surface area contributed by atoms with Crippen LogP contribution in [0.4, 0.5) is 8.78 Å². The van der Waals surface area contributed by atoms with E-state index >= 15 is 0 Å². The van der Waals surface area contributed by atoms with Gasteiger partial charge >= 0.3 is 12.6 Å². The predicted molar refractivity (Wildman–Crippen MR) is 91.5 cm³/mol. The highest BCUT2D eigenvalue weighted by Gasteiger charge is 2.06. The van der Waals surface area contributed by atoms with Crippen molar-refractivity contribution in [1.82, 2.24) is 5.32 Å². The highest BCUT2D eigenvalue weighted by Crippen LogP contribution is 2.15. The number of hydrogen-bond acceptors (Lipinski definition) is 3. The average Bonchev–Trinajstić information content (AvgIpc) is 2.61. The van der Waals surface area contributed by atoms with E-state index in [0.29, 0.717) is 19.4 Å². The minimum atomic E-state index is -2.86. The molecule has 0 radical (unpaired) electrons. The number of amides is 1. The van der Waals surface area contributed by atoms with E-state index in [9.17, 15) is 18.4 Å². The minimum absolute atomic E-state index is 0.0804. The molecule has 26 heavy (non-hydrogen) atoms. The molecular formula is C19H19F2NO4. The highest BCUT2D eigenvalue weighted by molar-refractivity contribution is 5.87. The number of hydrogen-bond donors (Lipinski definition) is 2. The van der Waals surface area contributed by atoms with E-state index in [2.05, 4.69) is 10.1 Å². The molecule has 0 aliphatic rings. The van der Waals surface area contributed by atoms with Crippen molar-refractivity contribution in [2.75, 3.05) is 6.54 Å². The fourth-order valence-electron chi connectivity index (χ4n) is 2.39. The Morgan fingerprint density at radius 3 is 2.42 bits per heavy atom. The van der Waals surface area contributed by atoms with Gasteiger partial charge in [0.25, 0.3) is 0 Å². The second-order valence-corrected chi connectivity index (χ2v) is 5.63. The van der Waals surface area contributed by atoms with Crippen molar-refractivity contribution >= 4 is 11.9 Å². The van der Waals surface area contributed by atoms with Crippen LogP contribution >= 0.6 is 0 Å². The Bertz CT molecular complexity index is 747. The van der Waals surface area contributed by atoms with E-state index in [4.69, 9.17) is 5.11 Å². The van der Waals surface area contributed by atoms with Crippen LogP contribution in [0.3, 0.4) is 0 Å². The van der Waals surface area contributed by atoms with Crippen molar-refractivity contribution in [1.29, 1.82) is 0 Å². The molecule has 2 N–H and O–H groups in total. The molecule has 0 aromatic heterocycles. The fraction of sp³-hybridized carbons (Fsp3) is 0.263. The van der Waals surface area contributed by atoms with Crippen molar-refractivity contribution in [2.24, 2.45) is 0 Å². The Morgan fingerprint density at radius 1 is 1.04 bits per heavy atom. The summed E-state index contributed by atoms with van der Waals surface area (Å²) in [5.74, 6) is -1.04. The SMILES string of the molecule is O=C(CCc1ccc(OC(F)F)cc1)NCCc1cccc(C(=O)O)c1. The molecule has 2 aromatic carbocycles. The van der Waals surface area contributed by atoms with Crippen LogP contribution < -0.4 is 10.1 Å². The molecule has 5 nitrogen and oxygen atoms in total. The summed E-state index contributed by atoms with van der Waals surface area (Å²) in [5.41, 5.74) is 1.89. The maximum Gasteiger partial charge on any atom is 0.387 e. The molecule has 2 rings (SSSR count). The number of alkyl halides is 2. The van der Waals surface area contributed by atoms with E-state index in [0.717, 1.165) is 11.1 Å². The number of rotatable bonds is 9. The zero-order valence-electron chi connectivity index (χ0n) is 14.0. The number of carboxylic acid groups (broad SMARTS) is 1. The number of carbonyl (C=O) groups excluding carboxylic acids is 1. The van der Waals surface area contributed by atoms with Crippen LogP contribution in [-0.4, -0.2) is 30.1 Å². The van der Waals surface area contributed by atoms with Gasteiger partial charge < -0.3 is 15.2 Å². The lowest BCUT2D eigenvalue weighted by Gasteiger charge is -2.07. The van der Waals surface area contributed by atoms with Gasteiger partial charge in [0.2, 0.25) is 5.91 Å². The number of nitrogens with one attached hydrogen (secondary N) is 1. The first-order valence-electron chi connectivity index (χ1n) is 8.07. The minimum Gasteiger partial charge on any atom is -0.478 e. The Morgan fingerprint density at radius 2 is 1.77 bits per heavy atom. The molecule has 0 aliphatic heterocycles. The zero-order chi connectivity index (χ0) is 18.9. The van der Waals surface area contributed by atoms with Crippen LogP contribution in [0.15, 0.2) is 48.5 Å². The van der Waals surface area contributed by atoms with E-state index < -0.39 is 12.6 Å². The number of ether oxygens (including phenoxy) is 1. The Labute approximate surface area is 149 Å². The van der Waals surface area contributed by atoms with Gasteiger partial charge in [-0.05, 0) is 48.2 Å². The van der Waals surface area contributed by atoms with Crippen LogP contribution in [-0.2, 0) is 17.6 Å². The van der Waals surface area contributed by atoms with Gasteiger partial charge in [-0.25, -0.2) is 4.79 Å². The summed E-state index contributed by atoms with van der Waals surface area (Å²) in [4.78, 5) is 22.8. The average molecular weight is 363 g/mol. The first kappa shape index (κ1) is 19.4. The highest BCUT2D eigenvalue weighted by atomic mass is 19.3. The van der Waals surface area contributed by atoms with Crippen molar-refractivity contribution in [3.63, 3.8) is 0 Å². The smallest absolute Gasteiger partial charge is 0.387 e. The third kappa shape index (κ3) is 6.51. The van der Waals surface area contributed by atoms with Crippen LogP contribution in [0.5, 0.6) is 5.75 Å². The number of aromatic carboxylic acids is 1. The third-order valence-corrected chi connectivity index (χ3v) is 3.70. The third-order valence-electron chi connectivity index (χ3n) is 3.70. The van der Waals surface area contributed by atoms with Gasteiger partial charge in [-0.1, -0.05) is 24.3 Å². The molecule has 0 saturated heterocycles. The lowest BCUT2D eigenvalue weighted by atomic mass is 10.1. The van der Waals surface area contributed by atoms with Crippen LogP contribution in [0.1, 0.15) is 27.9 Å². The molecule has 138 valence electrons. The van der Waals surface area contributed by atoms with Crippen molar-refractivity contribution in [3.8, 4) is 5.75 Å². The van der Waals surface area contributed by atoms with Crippen LogP contribution in [0.25, 0.3) is 0 Å². The standard InChI is InChI=1S/C19H19F2NO4/c20-19(21)26-16-7-4-13(5-8-16)6-9-17(23)22-11-10-14-2-1-3-15(12-14)18(24)25/h1-5,7-8,12,19H,6,9-11H2,(H,22,23)(H,24,25). The summed E-state index contributed by atoms with van der Waals surface area (Å²) in [6.07, 6.45) is 1.28. The number of carbonyl (C=O) groups is 2. The van der Waals surface area contributed by atoms with Gasteiger partial charge in [0, 0.05) is 13.0 Å². The monoisotopic (exact) mass is 363 g/mol. The van der Waals surface area contributed by atoms with E-state index in [1.165, 1.54) is 18.2 Å².